The van der Waals surface area contributed by atoms with Crippen molar-refractivity contribution in [2.24, 2.45) is 7.05 Å². The molecule has 0 aliphatic carbocycles. The number of carbonyl (C=O) groups excluding carboxylic acids is 1. The molecule has 0 aliphatic heterocycles. The van der Waals surface area contributed by atoms with Crippen molar-refractivity contribution in [1.82, 2.24) is 20.0 Å². The van der Waals surface area contributed by atoms with Crippen molar-refractivity contribution < 1.29 is 9.18 Å². The van der Waals surface area contributed by atoms with E-state index in [1.54, 1.807) is 42.1 Å². The van der Waals surface area contributed by atoms with Gasteiger partial charge >= 0.3 is 0 Å². The Bertz CT molecular complexity index is 1160. The number of fused-ring (bicyclic) bond motifs is 1. The molecule has 2 aromatic heterocycles. The quantitative estimate of drug-likeness (QED) is 0.553. The van der Waals surface area contributed by atoms with Crippen molar-refractivity contribution in [3.05, 3.63) is 64.7 Å². The number of nitrogens with zero attached hydrogens (tertiary/aromatic N) is 3. The number of para-hydroxylation sites is 1. The van der Waals surface area contributed by atoms with Crippen LogP contribution in [0.15, 0.2) is 42.7 Å². The Balaban J connectivity index is 1.77. The second-order valence-corrected chi connectivity index (χ2v) is 6.65. The van der Waals surface area contributed by atoms with Crippen LogP contribution in [0.25, 0.3) is 22.2 Å². The van der Waals surface area contributed by atoms with Crippen molar-refractivity contribution in [3.8, 4) is 11.3 Å². The molecule has 2 aromatic carbocycles. The molecule has 1 amide bonds. The van der Waals surface area contributed by atoms with Crippen molar-refractivity contribution in [2.45, 2.75) is 6.92 Å². The number of rotatable bonds is 3. The molecule has 0 aliphatic rings. The van der Waals surface area contributed by atoms with Gasteiger partial charge < -0.3 is 5.32 Å². The number of aryl methyl sites for hydroxylation is 2. The number of aromatic nitrogens is 4. The number of hydrogen-bond acceptors (Lipinski definition) is 3. The Labute approximate surface area is 159 Å². The molecule has 4 rings (SSSR count). The van der Waals surface area contributed by atoms with E-state index in [0.717, 1.165) is 10.9 Å². The standard InChI is InChI=1S/C19H15ClFN5O/c1-10-4-3-5-15(21)17(10)23-19(27)12-6-13-16(7-14(12)20)24-25-18(13)11-8-22-26(2)9-11/h3-9H,1-2H3,(H,23,27)(H,24,25). The fourth-order valence-corrected chi connectivity index (χ4v) is 3.20. The number of halogens is 2. The van der Waals surface area contributed by atoms with Crippen LogP contribution in [-0.4, -0.2) is 25.9 Å². The van der Waals surface area contributed by atoms with Crippen LogP contribution >= 0.6 is 11.6 Å². The number of nitrogens with one attached hydrogen (secondary N) is 2. The minimum Gasteiger partial charge on any atom is -0.319 e. The van der Waals surface area contributed by atoms with E-state index in [4.69, 9.17) is 11.6 Å². The predicted octanol–water partition coefficient (Wildman–Crippen LogP) is 4.32. The molecule has 0 saturated heterocycles. The summed E-state index contributed by atoms with van der Waals surface area (Å²) in [7, 11) is 1.81. The van der Waals surface area contributed by atoms with E-state index in [1.807, 2.05) is 13.2 Å². The van der Waals surface area contributed by atoms with Gasteiger partial charge in [0.2, 0.25) is 0 Å². The highest BCUT2D eigenvalue weighted by Gasteiger charge is 2.18. The summed E-state index contributed by atoms with van der Waals surface area (Å²) in [6.45, 7) is 1.72. The lowest BCUT2D eigenvalue weighted by Crippen LogP contribution is -2.14. The summed E-state index contributed by atoms with van der Waals surface area (Å²) in [5.74, 6) is -0.992. The van der Waals surface area contributed by atoms with Crippen LogP contribution in [0.1, 0.15) is 15.9 Å². The van der Waals surface area contributed by atoms with Gasteiger partial charge in [-0.15, -0.1) is 0 Å². The summed E-state index contributed by atoms with van der Waals surface area (Å²) in [6, 6.07) is 7.89. The van der Waals surface area contributed by atoms with Gasteiger partial charge in [-0.05, 0) is 30.7 Å². The minimum absolute atomic E-state index is 0.137. The summed E-state index contributed by atoms with van der Waals surface area (Å²) in [4.78, 5) is 12.7. The van der Waals surface area contributed by atoms with E-state index in [-0.39, 0.29) is 16.3 Å². The molecule has 2 N–H and O–H groups in total. The number of amides is 1. The normalized spacial score (nSPS) is 11.1. The third-order valence-corrected chi connectivity index (χ3v) is 4.65. The summed E-state index contributed by atoms with van der Waals surface area (Å²) in [5.41, 5.74) is 3.15. The Hall–Kier alpha value is -3.19. The first-order chi connectivity index (χ1) is 12.9. The van der Waals surface area contributed by atoms with Gasteiger partial charge in [-0.2, -0.15) is 10.2 Å². The number of anilines is 1. The van der Waals surface area contributed by atoms with Crippen LogP contribution in [0, 0.1) is 12.7 Å². The molecule has 0 radical (unpaired) electrons. The Morgan fingerprint density at radius 1 is 1.33 bits per heavy atom. The number of benzene rings is 2. The second kappa shape index (κ2) is 6.51. The average molecular weight is 384 g/mol. The molecule has 2 heterocycles. The molecule has 6 nitrogen and oxygen atoms in total. The predicted molar refractivity (Wildman–Crippen MR) is 102 cm³/mol. The molecule has 0 atom stereocenters. The number of carbonyl (C=O) groups is 1. The van der Waals surface area contributed by atoms with Crippen LogP contribution < -0.4 is 5.32 Å². The maximum atomic E-state index is 14.0. The van der Waals surface area contributed by atoms with Crippen LogP contribution in [0.3, 0.4) is 0 Å². The minimum atomic E-state index is -0.500. The van der Waals surface area contributed by atoms with Crippen molar-refractivity contribution in [3.63, 3.8) is 0 Å². The number of hydrogen-bond donors (Lipinski definition) is 2. The molecule has 4 aromatic rings. The third kappa shape index (κ3) is 3.06. The lowest BCUT2D eigenvalue weighted by Gasteiger charge is -2.10. The summed E-state index contributed by atoms with van der Waals surface area (Å²) in [5, 5.41) is 14.9. The highest BCUT2D eigenvalue weighted by molar-refractivity contribution is 6.35. The third-order valence-electron chi connectivity index (χ3n) is 4.33. The SMILES string of the molecule is Cc1cccc(F)c1NC(=O)c1cc2c(-c3cnn(C)c3)n[nH]c2cc1Cl. The monoisotopic (exact) mass is 383 g/mol. The zero-order valence-electron chi connectivity index (χ0n) is 14.5. The molecular weight excluding hydrogens is 369 g/mol. The lowest BCUT2D eigenvalue weighted by molar-refractivity contribution is 0.102. The molecule has 0 fully saturated rings. The van der Waals surface area contributed by atoms with Gasteiger partial charge in [0, 0.05) is 24.2 Å². The fourth-order valence-electron chi connectivity index (χ4n) is 2.95. The molecular formula is C19H15ClFN5O. The molecule has 136 valence electrons. The Morgan fingerprint density at radius 2 is 2.15 bits per heavy atom. The molecule has 27 heavy (non-hydrogen) atoms. The van der Waals surface area contributed by atoms with Crippen molar-refractivity contribution in [2.75, 3.05) is 5.32 Å². The van der Waals surface area contributed by atoms with Crippen LogP contribution in [0.5, 0.6) is 0 Å². The maximum Gasteiger partial charge on any atom is 0.257 e. The lowest BCUT2D eigenvalue weighted by atomic mass is 10.1. The summed E-state index contributed by atoms with van der Waals surface area (Å²) < 4.78 is 15.7. The van der Waals surface area contributed by atoms with E-state index < -0.39 is 11.7 Å². The van der Waals surface area contributed by atoms with Gasteiger partial charge in [-0.25, -0.2) is 4.39 Å². The molecule has 0 unspecified atom stereocenters. The van der Waals surface area contributed by atoms with E-state index in [0.29, 0.717) is 16.8 Å². The first-order valence-electron chi connectivity index (χ1n) is 8.17. The average Bonchev–Trinajstić information content (AvgIpc) is 3.23. The largest absolute Gasteiger partial charge is 0.319 e. The summed E-state index contributed by atoms with van der Waals surface area (Å²) >= 11 is 6.28. The van der Waals surface area contributed by atoms with E-state index in [9.17, 15) is 9.18 Å². The molecule has 8 heteroatoms. The van der Waals surface area contributed by atoms with Gasteiger partial charge in [0.15, 0.2) is 0 Å². The highest BCUT2D eigenvalue weighted by Crippen LogP contribution is 2.31. The van der Waals surface area contributed by atoms with Gasteiger partial charge in [-0.3, -0.25) is 14.6 Å². The van der Waals surface area contributed by atoms with Gasteiger partial charge in [0.25, 0.3) is 5.91 Å². The topological polar surface area (TPSA) is 75.6 Å². The Morgan fingerprint density at radius 3 is 2.85 bits per heavy atom. The number of aromatic amines is 1. The highest BCUT2D eigenvalue weighted by atomic mass is 35.5. The van der Waals surface area contributed by atoms with E-state index in [2.05, 4.69) is 20.6 Å². The van der Waals surface area contributed by atoms with Gasteiger partial charge in [0.1, 0.15) is 11.5 Å². The smallest absolute Gasteiger partial charge is 0.257 e. The molecule has 0 spiro atoms. The Kier molecular flexibility index (Phi) is 4.16. The zero-order valence-corrected chi connectivity index (χ0v) is 15.3. The zero-order chi connectivity index (χ0) is 19.1. The summed E-state index contributed by atoms with van der Waals surface area (Å²) in [6.07, 6.45) is 3.51. The van der Waals surface area contributed by atoms with E-state index in [1.165, 1.54) is 6.07 Å². The second-order valence-electron chi connectivity index (χ2n) is 6.24. The molecule has 0 bridgehead atoms. The molecule has 0 saturated carbocycles. The fraction of sp³-hybridized carbons (Fsp3) is 0.105. The van der Waals surface area contributed by atoms with E-state index >= 15 is 0 Å². The first kappa shape index (κ1) is 17.2. The van der Waals surface area contributed by atoms with Gasteiger partial charge in [0.05, 0.1) is 28.0 Å². The van der Waals surface area contributed by atoms with Crippen LogP contribution in [0.4, 0.5) is 10.1 Å². The number of H-pyrrole nitrogens is 1. The van der Waals surface area contributed by atoms with Gasteiger partial charge in [-0.1, -0.05) is 23.7 Å². The van der Waals surface area contributed by atoms with Crippen LogP contribution in [0.2, 0.25) is 5.02 Å². The van der Waals surface area contributed by atoms with Crippen molar-refractivity contribution in [1.29, 1.82) is 0 Å². The van der Waals surface area contributed by atoms with Crippen LogP contribution in [-0.2, 0) is 7.05 Å². The van der Waals surface area contributed by atoms with Crippen molar-refractivity contribution >= 4 is 34.1 Å². The maximum absolute atomic E-state index is 14.0. The first-order valence-corrected chi connectivity index (χ1v) is 8.55.